The normalized spacial score (nSPS) is 16.0. The molecular weight excluding hydrogens is 676 g/mol. The first kappa shape index (κ1) is 35.2. The van der Waals surface area contributed by atoms with Crippen LogP contribution in [-0.4, -0.2) is 64.1 Å². The lowest BCUT2D eigenvalue weighted by atomic mass is 9.97. The number of carbonyl (C=O) groups is 2. The summed E-state index contributed by atoms with van der Waals surface area (Å²) in [6.07, 6.45) is 7.91. The molecule has 2 aliphatic rings. The van der Waals surface area contributed by atoms with Gasteiger partial charge in [0.25, 0.3) is 5.91 Å². The maximum absolute atomic E-state index is 13.6. The summed E-state index contributed by atoms with van der Waals surface area (Å²) in [6.45, 7) is 3.02. The zero-order chi connectivity index (χ0) is 35.4. The van der Waals surface area contributed by atoms with Crippen molar-refractivity contribution >= 4 is 55.8 Å². The lowest BCUT2D eigenvalue weighted by molar-refractivity contribution is -0.133. The summed E-state index contributed by atoms with van der Waals surface area (Å²) in [6, 6.07) is 21.0. The monoisotopic (exact) mass is 716 g/mol. The van der Waals surface area contributed by atoms with Crippen molar-refractivity contribution in [2.24, 2.45) is 0 Å². The minimum Gasteiger partial charge on any atom is -0.451 e. The number of fused-ring (bicyclic) bond motifs is 1. The Balaban J connectivity index is 1.19. The number of amides is 2. The third-order valence-corrected chi connectivity index (χ3v) is 10.9. The fourth-order valence-electron chi connectivity index (χ4n) is 6.58. The molecule has 0 spiro atoms. The van der Waals surface area contributed by atoms with Crippen LogP contribution < -0.4 is 20.0 Å². The summed E-state index contributed by atoms with van der Waals surface area (Å²) in [5.74, 6) is -0.446. The average Bonchev–Trinajstić information content (AvgIpc) is 3.10. The zero-order valence-corrected chi connectivity index (χ0v) is 29.8. The Morgan fingerprint density at radius 2 is 1.72 bits per heavy atom. The fraction of sp³-hybridized carbons (Fsp3) is 0.342. The largest absolute Gasteiger partial charge is 0.451 e. The van der Waals surface area contributed by atoms with Crippen molar-refractivity contribution < 1.29 is 22.4 Å². The molecular formula is C38H41ClN4O6S. The smallest absolute Gasteiger partial charge is 0.287 e. The Kier molecular flexibility index (Phi) is 10.6. The van der Waals surface area contributed by atoms with Gasteiger partial charge < -0.3 is 19.5 Å². The number of nitrogens with one attached hydrogen (secondary N) is 1. The van der Waals surface area contributed by atoms with Crippen molar-refractivity contribution in [2.45, 2.75) is 51.1 Å². The highest BCUT2D eigenvalue weighted by molar-refractivity contribution is 7.92. The molecule has 0 unspecified atom stereocenters. The minimum atomic E-state index is -3.53. The predicted molar refractivity (Wildman–Crippen MR) is 197 cm³/mol. The number of hydrogen-bond donors (Lipinski definition) is 1. The molecule has 50 heavy (non-hydrogen) atoms. The average molecular weight is 717 g/mol. The predicted octanol–water partition coefficient (Wildman–Crippen LogP) is 5.92. The van der Waals surface area contributed by atoms with Crippen molar-refractivity contribution in [2.75, 3.05) is 42.1 Å². The van der Waals surface area contributed by atoms with E-state index in [1.165, 1.54) is 30.8 Å². The summed E-state index contributed by atoms with van der Waals surface area (Å²) in [5, 5.41) is 3.86. The molecule has 1 aromatic heterocycles. The maximum atomic E-state index is 13.6. The van der Waals surface area contributed by atoms with E-state index in [1.54, 1.807) is 0 Å². The summed E-state index contributed by atoms with van der Waals surface area (Å²) in [4.78, 5) is 43.5. The van der Waals surface area contributed by atoms with E-state index >= 15 is 0 Å². The van der Waals surface area contributed by atoms with Crippen LogP contribution in [-0.2, 0) is 27.8 Å². The maximum Gasteiger partial charge on any atom is 0.287 e. The molecule has 1 N–H and O–H groups in total. The fourth-order valence-corrected chi connectivity index (χ4v) is 7.21. The number of likely N-dealkylation sites (tertiary alicyclic amines) is 1. The third-order valence-electron chi connectivity index (χ3n) is 9.44. The summed E-state index contributed by atoms with van der Waals surface area (Å²) in [5.41, 5.74) is 4.54. The molecule has 10 nitrogen and oxygen atoms in total. The Bertz CT molecular complexity index is 2090. The van der Waals surface area contributed by atoms with Gasteiger partial charge in [0.2, 0.25) is 15.9 Å². The van der Waals surface area contributed by atoms with Gasteiger partial charge >= 0.3 is 0 Å². The highest BCUT2D eigenvalue weighted by Crippen LogP contribution is 2.29. The molecule has 0 saturated carbocycles. The Labute approximate surface area is 297 Å². The second kappa shape index (κ2) is 15.1. The third kappa shape index (κ3) is 8.39. The van der Waals surface area contributed by atoms with Gasteiger partial charge in [0.05, 0.1) is 23.4 Å². The Morgan fingerprint density at radius 1 is 0.980 bits per heavy atom. The molecule has 3 aromatic carbocycles. The van der Waals surface area contributed by atoms with Crippen molar-refractivity contribution in [3.63, 3.8) is 0 Å². The number of anilines is 2. The molecule has 12 heteroatoms. The van der Waals surface area contributed by atoms with E-state index in [0.717, 1.165) is 78.8 Å². The number of nitrogens with zero attached hydrogens (tertiary/aromatic N) is 3. The van der Waals surface area contributed by atoms with Gasteiger partial charge in [-0.15, -0.1) is 0 Å². The summed E-state index contributed by atoms with van der Waals surface area (Å²) >= 11 is 6.14. The van der Waals surface area contributed by atoms with E-state index in [0.29, 0.717) is 30.1 Å². The van der Waals surface area contributed by atoms with Crippen molar-refractivity contribution in [3.8, 4) is 0 Å². The molecule has 0 radical (unpaired) electrons. The number of hydrogen-bond acceptors (Lipinski definition) is 7. The number of sulfonamides is 1. The van der Waals surface area contributed by atoms with Gasteiger partial charge in [-0.25, -0.2) is 8.42 Å². The standard InChI is InChI=1S/C38H41ClN4O6S/c1-41(50(2,47)48)31-14-15-35-32(23-31)34(44)24-36(49-35)38(46)40-30(21-26-10-12-29(39)13-11-26)22-27-16-19-42(20-17-27)33-8-4-3-7-28(33)25-43-18-6-5-9-37(43)45/h3-4,7-8,10-15,22-24,30H,5-6,9,16-21,25H2,1-2H3,(H,40,46)/t30-/m0/s1. The quantitative estimate of drug-likeness (QED) is 0.202. The zero-order valence-electron chi connectivity index (χ0n) is 28.2. The molecule has 0 aliphatic carbocycles. The molecule has 6 rings (SSSR count). The second-order valence-corrected chi connectivity index (χ2v) is 15.5. The van der Waals surface area contributed by atoms with E-state index in [9.17, 15) is 22.8 Å². The van der Waals surface area contributed by atoms with Crippen LogP contribution in [0.5, 0.6) is 0 Å². The Morgan fingerprint density at radius 3 is 2.44 bits per heavy atom. The number of rotatable bonds is 10. The molecule has 0 bridgehead atoms. The van der Waals surface area contributed by atoms with E-state index in [2.05, 4.69) is 28.4 Å². The van der Waals surface area contributed by atoms with Crippen molar-refractivity contribution in [3.05, 3.63) is 117 Å². The van der Waals surface area contributed by atoms with Gasteiger partial charge in [-0.2, -0.15) is 0 Å². The van der Waals surface area contributed by atoms with E-state index < -0.39 is 27.4 Å². The first-order valence-electron chi connectivity index (χ1n) is 16.8. The molecule has 2 fully saturated rings. The van der Waals surface area contributed by atoms with Crippen LogP contribution in [0.4, 0.5) is 11.4 Å². The van der Waals surface area contributed by atoms with Gasteiger partial charge in [0.1, 0.15) is 5.58 Å². The molecule has 262 valence electrons. The Hall–Kier alpha value is -4.61. The second-order valence-electron chi connectivity index (χ2n) is 13.0. The van der Waals surface area contributed by atoms with Crippen LogP contribution >= 0.6 is 11.6 Å². The van der Waals surface area contributed by atoms with Crippen LogP contribution in [0, 0.1) is 0 Å². The number of halogens is 1. The molecule has 2 saturated heterocycles. The van der Waals surface area contributed by atoms with E-state index in [4.69, 9.17) is 16.0 Å². The summed E-state index contributed by atoms with van der Waals surface area (Å²) < 4.78 is 31.0. The number of benzene rings is 3. The van der Waals surface area contributed by atoms with Crippen LogP contribution in [0.1, 0.15) is 53.8 Å². The molecule has 2 aliphatic heterocycles. The number of piperidine rings is 2. The highest BCUT2D eigenvalue weighted by Gasteiger charge is 2.24. The van der Waals surface area contributed by atoms with Crippen LogP contribution in [0.25, 0.3) is 11.0 Å². The number of carbonyl (C=O) groups excluding carboxylic acids is 2. The van der Waals surface area contributed by atoms with Crippen LogP contribution in [0.2, 0.25) is 5.02 Å². The molecule has 4 aromatic rings. The lowest BCUT2D eigenvalue weighted by Crippen LogP contribution is -2.37. The van der Waals surface area contributed by atoms with Gasteiger partial charge in [0.15, 0.2) is 11.2 Å². The molecule has 1 atom stereocenters. The minimum absolute atomic E-state index is 0.134. The molecule has 3 heterocycles. The highest BCUT2D eigenvalue weighted by atomic mass is 35.5. The summed E-state index contributed by atoms with van der Waals surface area (Å²) in [7, 11) is -2.13. The van der Waals surface area contributed by atoms with Gasteiger partial charge in [-0.1, -0.05) is 53.6 Å². The van der Waals surface area contributed by atoms with Gasteiger partial charge in [0, 0.05) is 56.4 Å². The first-order chi connectivity index (χ1) is 23.9. The van der Waals surface area contributed by atoms with E-state index in [1.807, 2.05) is 41.3 Å². The lowest BCUT2D eigenvalue weighted by Gasteiger charge is -2.34. The SMILES string of the molecule is CN(c1ccc2oc(C(=O)N[C@H](C=C3CCN(c4ccccc4CN4CCCCC4=O)CC3)Cc3ccc(Cl)cc3)cc(=O)c2c1)S(C)(=O)=O. The van der Waals surface area contributed by atoms with E-state index in [-0.39, 0.29) is 22.6 Å². The van der Waals surface area contributed by atoms with Crippen molar-refractivity contribution in [1.82, 2.24) is 10.2 Å². The van der Waals surface area contributed by atoms with Crippen LogP contribution in [0.15, 0.2) is 93.7 Å². The van der Waals surface area contributed by atoms with Crippen LogP contribution in [0.3, 0.4) is 0 Å². The first-order valence-corrected chi connectivity index (χ1v) is 19.0. The van der Waals surface area contributed by atoms with Gasteiger partial charge in [-0.3, -0.25) is 18.7 Å². The molecule has 2 amide bonds. The number of para-hydroxylation sites is 1. The van der Waals surface area contributed by atoms with Gasteiger partial charge in [-0.05, 0) is 79.6 Å². The van der Waals surface area contributed by atoms with Crippen molar-refractivity contribution in [1.29, 1.82) is 0 Å². The topological polar surface area (TPSA) is 120 Å².